The summed E-state index contributed by atoms with van der Waals surface area (Å²) < 4.78 is 13.9. The molecule has 0 bridgehead atoms. The summed E-state index contributed by atoms with van der Waals surface area (Å²) in [5.74, 6) is 1.65. The Morgan fingerprint density at radius 1 is 0.403 bits per heavy atom. The van der Waals surface area contributed by atoms with Crippen molar-refractivity contribution in [1.29, 1.82) is 0 Å². The predicted molar refractivity (Wildman–Crippen MR) is 257 cm³/mol. The highest BCUT2D eigenvalue weighted by Crippen LogP contribution is 2.45. The van der Waals surface area contributed by atoms with E-state index < -0.39 is 0 Å². The van der Waals surface area contributed by atoms with Gasteiger partial charge in [0.1, 0.15) is 11.2 Å². The quantitative estimate of drug-likeness (QED) is 0.178. The smallest absolute Gasteiger partial charge is 0.238 e. The van der Waals surface area contributed by atoms with E-state index in [1.807, 2.05) is 12.1 Å². The monoisotopic (exact) mass is 809 g/mol. The number of thiophene rings is 1. The van der Waals surface area contributed by atoms with Gasteiger partial charge in [-0.1, -0.05) is 127 Å². The molecule has 0 N–H and O–H groups in total. The van der Waals surface area contributed by atoms with Crippen LogP contribution in [0.5, 0.6) is 0 Å². The minimum Gasteiger partial charge on any atom is -0.455 e. The molecule has 288 valence electrons. The number of hydrogen-bond acceptors (Lipinski definition) is 5. The van der Waals surface area contributed by atoms with Crippen LogP contribution in [0.1, 0.15) is 0 Å². The minimum atomic E-state index is 0.524. The zero-order chi connectivity index (χ0) is 40.5. The van der Waals surface area contributed by atoms with Crippen molar-refractivity contribution in [1.82, 2.24) is 24.1 Å². The van der Waals surface area contributed by atoms with Crippen LogP contribution in [0.4, 0.5) is 0 Å². The van der Waals surface area contributed by atoms with Gasteiger partial charge < -0.3 is 8.98 Å². The van der Waals surface area contributed by atoms with Crippen molar-refractivity contribution >= 4 is 108 Å². The highest BCUT2D eigenvalue weighted by molar-refractivity contribution is 7.26. The highest BCUT2D eigenvalue weighted by atomic mass is 32.1. The van der Waals surface area contributed by atoms with Crippen molar-refractivity contribution in [2.45, 2.75) is 0 Å². The molecule has 14 rings (SSSR count). The molecule has 14 aromatic rings. The standard InChI is InChI=1S/C55H31N5OS/c1-2-15-33-31-47-42(30-32(33)14-1)36-18-5-8-23-43(36)59(47)46-29-28-39-37-19-6-11-26-48(37)61-51(39)50(46)54-56-53(41-22-13-21-40-38-20-7-12-27-49(38)62-52(40)41)57-55(58-54)60-44-24-9-3-16-34(44)35-17-4-10-25-45(35)60/h1-31H. The third-order valence-electron chi connectivity index (χ3n) is 12.6. The lowest BCUT2D eigenvalue weighted by Crippen LogP contribution is -2.08. The third-order valence-corrected chi connectivity index (χ3v) is 13.8. The second kappa shape index (κ2) is 12.7. The number of para-hydroxylation sites is 4. The number of benzene rings is 9. The second-order valence-corrected chi connectivity index (χ2v) is 17.0. The van der Waals surface area contributed by atoms with E-state index in [0.717, 1.165) is 76.3 Å². The normalized spacial score (nSPS) is 12.2. The van der Waals surface area contributed by atoms with Gasteiger partial charge in [0.25, 0.3) is 0 Å². The summed E-state index contributed by atoms with van der Waals surface area (Å²) in [5, 5.41) is 11.4. The van der Waals surface area contributed by atoms with E-state index in [0.29, 0.717) is 17.6 Å². The number of nitrogens with zero attached hydrogens (tertiary/aromatic N) is 5. The number of rotatable bonds is 4. The van der Waals surface area contributed by atoms with Gasteiger partial charge in [-0.3, -0.25) is 4.57 Å². The van der Waals surface area contributed by atoms with Crippen LogP contribution in [0, 0.1) is 0 Å². The Morgan fingerprint density at radius 3 is 1.77 bits per heavy atom. The minimum absolute atomic E-state index is 0.524. The van der Waals surface area contributed by atoms with Crippen molar-refractivity contribution in [3.8, 4) is 34.4 Å². The van der Waals surface area contributed by atoms with E-state index in [1.54, 1.807) is 11.3 Å². The molecule has 7 heteroatoms. The molecule has 0 unspecified atom stereocenters. The summed E-state index contributed by atoms with van der Waals surface area (Å²) in [6, 6.07) is 66.6. The Balaban J connectivity index is 1.16. The SMILES string of the molecule is c1ccc2cc3c(cc2c1)c1ccccc1n3-c1ccc2c(oc3ccccc32)c1-c1nc(-c2cccc3c2sc2ccccc23)nc(-n2c3ccccc3c3ccccc32)n1. The van der Waals surface area contributed by atoms with Crippen LogP contribution >= 0.6 is 11.3 Å². The Kier molecular flexibility index (Phi) is 6.89. The van der Waals surface area contributed by atoms with Crippen LogP contribution in [0.25, 0.3) is 131 Å². The fourth-order valence-corrected chi connectivity index (χ4v) is 11.1. The van der Waals surface area contributed by atoms with Crippen LogP contribution in [0.2, 0.25) is 0 Å². The van der Waals surface area contributed by atoms with Crippen molar-refractivity contribution in [3.63, 3.8) is 0 Å². The van der Waals surface area contributed by atoms with Gasteiger partial charge in [-0.15, -0.1) is 11.3 Å². The average Bonchev–Trinajstić information content (AvgIpc) is 4.08. The molecule has 0 atom stereocenters. The van der Waals surface area contributed by atoms with Crippen LogP contribution in [-0.4, -0.2) is 24.1 Å². The molecular formula is C55H31N5OS. The van der Waals surface area contributed by atoms with Gasteiger partial charge in [-0.2, -0.15) is 9.97 Å². The zero-order valence-electron chi connectivity index (χ0n) is 33.0. The third kappa shape index (κ3) is 4.71. The molecule has 0 saturated heterocycles. The maximum atomic E-state index is 6.98. The zero-order valence-corrected chi connectivity index (χ0v) is 33.8. The molecule has 0 fully saturated rings. The van der Waals surface area contributed by atoms with Gasteiger partial charge in [-0.25, -0.2) is 4.98 Å². The summed E-state index contributed by atoms with van der Waals surface area (Å²) in [5.41, 5.74) is 8.42. The molecule has 0 amide bonds. The van der Waals surface area contributed by atoms with Crippen molar-refractivity contribution in [3.05, 3.63) is 188 Å². The van der Waals surface area contributed by atoms with Gasteiger partial charge in [0.15, 0.2) is 11.6 Å². The van der Waals surface area contributed by atoms with E-state index in [2.05, 4.69) is 185 Å². The van der Waals surface area contributed by atoms with E-state index in [-0.39, 0.29) is 0 Å². The van der Waals surface area contributed by atoms with Gasteiger partial charge in [0.05, 0.1) is 33.3 Å². The van der Waals surface area contributed by atoms with E-state index in [4.69, 9.17) is 19.4 Å². The van der Waals surface area contributed by atoms with Crippen LogP contribution in [0.3, 0.4) is 0 Å². The Bertz CT molecular complexity index is 4130. The lowest BCUT2D eigenvalue weighted by molar-refractivity contribution is 0.669. The lowest BCUT2D eigenvalue weighted by Gasteiger charge is -2.16. The van der Waals surface area contributed by atoms with Crippen molar-refractivity contribution < 1.29 is 4.42 Å². The fourth-order valence-electron chi connectivity index (χ4n) is 9.85. The highest BCUT2D eigenvalue weighted by Gasteiger charge is 2.26. The maximum Gasteiger partial charge on any atom is 0.238 e. The summed E-state index contributed by atoms with van der Waals surface area (Å²) in [7, 11) is 0. The molecule has 0 aliphatic carbocycles. The molecule has 5 heterocycles. The molecule has 0 aliphatic heterocycles. The van der Waals surface area contributed by atoms with Gasteiger partial charge in [0.2, 0.25) is 5.95 Å². The largest absolute Gasteiger partial charge is 0.455 e. The van der Waals surface area contributed by atoms with Gasteiger partial charge >= 0.3 is 0 Å². The molecule has 0 radical (unpaired) electrons. The molecule has 0 aliphatic rings. The molecule has 5 aromatic heterocycles. The first-order valence-corrected chi connectivity index (χ1v) is 21.6. The van der Waals surface area contributed by atoms with E-state index in [9.17, 15) is 0 Å². The van der Waals surface area contributed by atoms with Crippen molar-refractivity contribution in [2.75, 3.05) is 0 Å². The molecular weight excluding hydrogens is 779 g/mol. The first-order chi connectivity index (χ1) is 30.7. The molecule has 6 nitrogen and oxygen atoms in total. The average molecular weight is 810 g/mol. The first kappa shape index (κ1) is 33.7. The van der Waals surface area contributed by atoms with E-state index >= 15 is 0 Å². The maximum absolute atomic E-state index is 6.98. The number of fused-ring (bicyclic) bond motifs is 13. The Labute approximate surface area is 357 Å². The Hall–Kier alpha value is -8.13. The van der Waals surface area contributed by atoms with Gasteiger partial charge in [0, 0.05) is 58.1 Å². The van der Waals surface area contributed by atoms with Crippen LogP contribution in [-0.2, 0) is 0 Å². The number of furan rings is 1. The summed E-state index contributed by atoms with van der Waals surface area (Å²) in [6.45, 7) is 0. The fraction of sp³-hybridized carbons (Fsp3) is 0. The summed E-state index contributed by atoms with van der Waals surface area (Å²) in [6.07, 6.45) is 0. The number of hydrogen-bond donors (Lipinski definition) is 0. The van der Waals surface area contributed by atoms with Crippen LogP contribution in [0.15, 0.2) is 192 Å². The van der Waals surface area contributed by atoms with Crippen molar-refractivity contribution in [2.24, 2.45) is 0 Å². The lowest BCUT2D eigenvalue weighted by atomic mass is 10.0. The Morgan fingerprint density at radius 2 is 1.00 bits per heavy atom. The molecule has 0 spiro atoms. The summed E-state index contributed by atoms with van der Waals surface area (Å²) in [4.78, 5) is 16.6. The van der Waals surface area contributed by atoms with E-state index in [1.165, 1.54) is 37.0 Å². The number of aromatic nitrogens is 5. The topological polar surface area (TPSA) is 61.7 Å². The van der Waals surface area contributed by atoms with Crippen LogP contribution < -0.4 is 0 Å². The molecule has 0 saturated carbocycles. The summed E-state index contributed by atoms with van der Waals surface area (Å²) >= 11 is 1.77. The second-order valence-electron chi connectivity index (χ2n) is 15.9. The molecule has 62 heavy (non-hydrogen) atoms. The van der Waals surface area contributed by atoms with Gasteiger partial charge in [-0.05, 0) is 71.4 Å². The first-order valence-electron chi connectivity index (χ1n) is 20.8. The predicted octanol–water partition coefficient (Wildman–Crippen LogP) is 14.8. The molecule has 9 aromatic carbocycles.